The molecule has 2 aromatic rings. The Balaban J connectivity index is 2.56. The molecule has 2 rings (SSSR count). The number of rotatable bonds is 2. The Morgan fingerprint density at radius 1 is 0.944 bits per heavy atom. The van der Waals surface area contributed by atoms with E-state index in [9.17, 15) is 0 Å². The average molecular weight is 320 g/mol. The topological polar surface area (TPSA) is 26.0 Å². The first-order valence-electron chi connectivity index (χ1n) is 6.04. The molecule has 18 heavy (non-hydrogen) atoms. The van der Waals surface area contributed by atoms with Gasteiger partial charge < -0.3 is 5.73 Å². The van der Waals surface area contributed by atoms with Gasteiger partial charge in [0.25, 0.3) is 0 Å². The maximum absolute atomic E-state index is 6.36. The summed E-state index contributed by atoms with van der Waals surface area (Å²) in [5, 5.41) is 1.34. The molecule has 2 aromatic carbocycles. The zero-order chi connectivity index (χ0) is 13.3. The molecule has 0 aliphatic heterocycles. The summed E-state index contributed by atoms with van der Waals surface area (Å²) in [6, 6.07) is 14.7. The van der Waals surface area contributed by atoms with E-state index < -0.39 is 8.07 Å². The van der Waals surface area contributed by atoms with Crippen LogP contribution in [0.25, 0.3) is 11.1 Å². The van der Waals surface area contributed by atoms with Crippen LogP contribution in [0.3, 0.4) is 0 Å². The van der Waals surface area contributed by atoms with Crippen LogP contribution < -0.4 is 10.9 Å². The Bertz CT molecular complexity index is 556. The van der Waals surface area contributed by atoms with E-state index in [0.717, 1.165) is 15.7 Å². The molecule has 2 N–H and O–H groups in total. The van der Waals surface area contributed by atoms with E-state index in [-0.39, 0.29) is 0 Å². The van der Waals surface area contributed by atoms with E-state index in [1.54, 1.807) is 0 Å². The van der Waals surface area contributed by atoms with Gasteiger partial charge in [0.2, 0.25) is 0 Å². The molecule has 3 heteroatoms. The summed E-state index contributed by atoms with van der Waals surface area (Å²) in [4.78, 5) is 0. The van der Waals surface area contributed by atoms with Crippen LogP contribution in [0.15, 0.2) is 46.9 Å². The van der Waals surface area contributed by atoms with Crippen LogP contribution in [0.1, 0.15) is 0 Å². The Morgan fingerprint density at radius 3 is 2.11 bits per heavy atom. The van der Waals surface area contributed by atoms with Gasteiger partial charge >= 0.3 is 0 Å². The van der Waals surface area contributed by atoms with Crippen molar-refractivity contribution >= 4 is 34.9 Å². The molecule has 0 radical (unpaired) electrons. The lowest BCUT2D eigenvalue weighted by Crippen LogP contribution is -2.39. The second-order valence-corrected chi connectivity index (χ2v) is 11.5. The van der Waals surface area contributed by atoms with Crippen molar-refractivity contribution in [3.05, 3.63) is 46.9 Å². The van der Waals surface area contributed by atoms with Crippen molar-refractivity contribution in [2.24, 2.45) is 0 Å². The number of benzene rings is 2. The van der Waals surface area contributed by atoms with Gasteiger partial charge in [-0.15, -0.1) is 0 Å². The molecule has 0 spiro atoms. The molecule has 0 atom stereocenters. The van der Waals surface area contributed by atoms with Gasteiger partial charge in [-0.05, 0) is 22.9 Å². The van der Waals surface area contributed by atoms with Crippen molar-refractivity contribution in [3.63, 3.8) is 0 Å². The number of anilines is 1. The lowest BCUT2D eigenvalue weighted by Gasteiger charge is -2.21. The smallest absolute Gasteiger partial charge is 0.0803 e. The lowest BCUT2D eigenvalue weighted by atomic mass is 10.0. The third-order valence-electron chi connectivity index (χ3n) is 3.07. The average Bonchev–Trinajstić information content (AvgIpc) is 2.29. The molecule has 94 valence electrons. The van der Waals surface area contributed by atoms with Crippen LogP contribution in [0, 0.1) is 0 Å². The number of nitrogen functional groups attached to an aromatic ring is 1. The summed E-state index contributed by atoms with van der Waals surface area (Å²) in [7, 11) is -1.39. The molecule has 0 unspecified atom stereocenters. The molecule has 1 nitrogen and oxygen atoms in total. The monoisotopic (exact) mass is 319 g/mol. The summed E-state index contributed by atoms with van der Waals surface area (Å²) in [5.74, 6) is 0. The van der Waals surface area contributed by atoms with Crippen molar-refractivity contribution in [3.8, 4) is 11.1 Å². The fourth-order valence-corrected chi connectivity index (χ4v) is 3.90. The van der Waals surface area contributed by atoms with Crippen LogP contribution >= 0.6 is 15.9 Å². The van der Waals surface area contributed by atoms with Crippen molar-refractivity contribution in [1.82, 2.24) is 0 Å². The summed E-state index contributed by atoms with van der Waals surface area (Å²) < 4.78 is 1.09. The van der Waals surface area contributed by atoms with E-state index in [0.29, 0.717) is 0 Å². The van der Waals surface area contributed by atoms with Crippen molar-refractivity contribution < 1.29 is 0 Å². The highest BCUT2D eigenvalue weighted by molar-refractivity contribution is 9.10. The fraction of sp³-hybridized carbons (Fsp3) is 0.200. The van der Waals surface area contributed by atoms with Gasteiger partial charge in [0.15, 0.2) is 0 Å². The Morgan fingerprint density at radius 2 is 1.56 bits per heavy atom. The third kappa shape index (κ3) is 2.67. The molecule has 0 saturated carbocycles. The van der Waals surface area contributed by atoms with Gasteiger partial charge in [0, 0.05) is 15.7 Å². The molecule has 0 amide bonds. The van der Waals surface area contributed by atoms with Crippen LogP contribution in [0.2, 0.25) is 19.6 Å². The third-order valence-corrected chi connectivity index (χ3v) is 5.65. The van der Waals surface area contributed by atoms with Gasteiger partial charge in [-0.25, -0.2) is 0 Å². The second kappa shape index (κ2) is 4.90. The summed E-state index contributed by atoms with van der Waals surface area (Å²) >= 11 is 3.46. The molecule has 0 heterocycles. The molecular formula is C15H18BrNSi. The predicted molar refractivity (Wildman–Crippen MR) is 87.0 cm³/mol. The zero-order valence-corrected chi connectivity index (χ0v) is 13.6. The van der Waals surface area contributed by atoms with Gasteiger partial charge in [-0.2, -0.15) is 0 Å². The number of halogens is 1. The highest BCUT2D eigenvalue weighted by atomic mass is 79.9. The SMILES string of the molecule is C[Si](C)(C)c1cccc(-c2ccc(Br)cc2)c1N. The van der Waals surface area contributed by atoms with Crippen LogP contribution in [-0.2, 0) is 0 Å². The second-order valence-electron chi connectivity index (χ2n) is 5.52. The van der Waals surface area contributed by atoms with E-state index >= 15 is 0 Å². The molecule has 0 saturated heterocycles. The minimum Gasteiger partial charge on any atom is -0.398 e. The first-order valence-corrected chi connectivity index (χ1v) is 10.3. The minimum atomic E-state index is -1.39. The summed E-state index contributed by atoms with van der Waals surface area (Å²) in [6.07, 6.45) is 0. The number of nitrogens with two attached hydrogens (primary N) is 1. The summed E-state index contributed by atoms with van der Waals surface area (Å²) in [6.45, 7) is 6.97. The number of hydrogen-bond donors (Lipinski definition) is 1. The molecule has 0 fully saturated rings. The largest absolute Gasteiger partial charge is 0.398 e. The van der Waals surface area contributed by atoms with Gasteiger partial charge in [-0.3, -0.25) is 0 Å². The Kier molecular flexibility index (Phi) is 3.64. The van der Waals surface area contributed by atoms with Crippen molar-refractivity contribution in [2.75, 3.05) is 5.73 Å². The first-order chi connectivity index (χ1) is 8.39. The van der Waals surface area contributed by atoms with Crippen molar-refractivity contribution in [1.29, 1.82) is 0 Å². The van der Waals surface area contributed by atoms with E-state index in [2.05, 4.69) is 78.0 Å². The Labute approximate surface area is 118 Å². The van der Waals surface area contributed by atoms with E-state index in [1.807, 2.05) is 0 Å². The number of para-hydroxylation sites is 1. The first kappa shape index (κ1) is 13.4. The number of hydrogen-bond acceptors (Lipinski definition) is 1. The standard InChI is InChI=1S/C15H18BrNSi/c1-18(2,3)14-6-4-5-13(15(14)17)11-7-9-12(16)10-8-11/h4-10H,17H2,1-3H3. The highest BCUT2D eigenvalue weighted by Gasteiger charge is 2.20. The van der Waals surface area contributed by atoms with Crippen molar-refractivity contribution in [2.45, 2.75) is 19.6 Å². The fourth-order valence-electron chi connectivity index (χ4n) is 2.10. The molecule has 0 bridgehead atoms. The predicted octanol–water partition coefficient (Wildman–Crippen LogP) is 4.24. The quantitative estimate of drug-likeness (QED) is 0.650. The summed E-state index contributed by atoms with van der Waals surface area (Å²) in [5.41, 5.74) is 9.62. The Hall–Kier alpha value is -1.06. The minimum absolute atomic E-state index is 0.944. The maximum atomic E-state index is 6.36. The van der Waals surface area contributed by atoms with Crippen LogP contribution in [0.4, 0.5) is 5.69 Å². The van der Waals surface area contributed by atoms with Gasteiger partial charge in [-0.1, -0.05) is 65.9 Å². The van der Waals surface area contributed by atoms with Crippen LogP contribution in [0.5, 0.6) is 0 Å². The molecule has 0 aliphatic rings. The molecular weight excluding hydrogens is 302 g/mol. The maximum Gasteiger partial charge on any atom is 0.0803 e. The van der Waals surface area contributed by atoms with Crippen LogP contribution in [-0.4, -0.2) is 8.07 Å². The van der Waals surface area contributed by atoms with E-state index in [1.165, 1.54) is 10.8 Å². The molecule has 0 aliphatic carbocycles. The van der Waals surface area contributed by atoms with E-state index in [4.69, 9.17) is 5.73 Å². The molecule has 0 aromatic heterocycles. The zero-order valence-electron chi connectivity index (χ0n) is 11.0. The van der Waals surface area contributed by atoms with Gasteiger partial charge in [0.1, 0.15) is 0 Å². The normalized spacial score (nSPS) is 11.6. The lowest BCUT2D eigenvalue weighted by molar-refractivity contribution is 1.59. The van der Waals surface area contributed by atoms with Gasteiger partial charge in [0.05, 0.1) is 8.07 Å². The highest BCUT2D eigenvalue weighted by Crippen LogP contribution is 2.27.